The molecule has 7 nitrogen and oxygen atoms in total. The van der Waals surface area contributed by atoms with Crippen LogP contribution < -0.4 is 10.2 Å². The van der Waals surface area contributed by atoms with E-state index >= 15 is 0 Å². The molecule has 26 heavy (non-hydrogen) atoms. The first-order valence-electron chi connectivity index (χ1n) is 7.66. The van der Waals surface area contributed by atoms with Crippen LogP contribution in [-0.4, -0.2) is 23.3 Å². The minimum Gasteiger partial charge on any atom is -0.324 e. The van der Waals surface area contributed by atoms with Crippen LogP contribution in [0.15, 0.2) is 42.5 Å². The van der Waals surface area contributed by atoms with E-state index in [0.29, 0.717) is 21.4 Å². The van der Waals surface area contributed by atoms with Crippen LogP contribution >= 0.6 is 23.2 Å². The highest BCUT2D eigenvalue weighted by Gasteiger charge is 2.35. The topological polar surface area (TPSA) is 92.6 Å². The number of hydrogen-bond donors (Lipinski definition) is 1. The molecule has 1 aliphatic rings. The Morgan fingerprint density at radius 3 is 2.54 bits per heavy atom. The summed E-state index contributed by atoms with van der Waals surface area (Å²) in [6.07, 6.45) is 0.0427. The first-order chi connectivity index (χ1) is 12.3. The Morgan fingerprint density at radius 1 is 1.19 bits per heavy atom. The number of hydrogen-bond acceptors (Lipinski definition) is 4. The van der Waals surface area contributed by atoms with Crippen molar-refractivity contribution in [2.75, 3.05) is 16.8 Å². The Bertz CT molecular complexity index is 886. The van der Waals surface area contributed by atoms with Crippen molar-refractivity contribution in [1.82, 2.24) is 0 Å². The fourth-order valence-corrected chi connectivity index (χ4v) is 3.05. The van der Waals surface area contributed by atoms with E-state index in [-0.39, 0.29) is 30.5 Å². The average molecular weight is 394 g/mol. The van der Waals surface area contributed by atoms with E-state index in [1.54, 1.807) is 12.1 Å². The maximum atomic E-state index is 12.5. The van der Waals surface area contributed by atoms with Gasteiger partial charge in [-0.1, -0.05) is 23.2 Å². The first kappa shape index (κ1) is 18.2. The first-order valence-corrected chi connectivity index (χ1v) is 8.41. The van der Waals surface area contributed by atoms with Gasteiger partial charge in [-0.05, 0) is 30.3 Å². The van der Waals surface area contributed by atoms with Crippen LogP contribution in [0.1, 0.15) is 6.42 Å². The zero-order valence-corrected chi connectivity index (χ0v) is 14.8. The second kappa shape index (κ2) is 7.31. The van der Waals surface area contributed by atoms with E-state index < -0.39 is 10.8 Å². The van der Waals surface area contributed by atoms with Crippen molar-refractivity contribution in [2.24, 2.45) is 5.92 Å². The van der Waals surface area contributed by atoms with Gasteiger partial charge in [0, 0.05) is 35.8 Å². The summed E-state index contributed by atoms with van der Waals surface area (Å²) in [5, 5.41) is 14.2. The minimum atomic E-state index is -0.562. The van der Waals surface area contributed by atoms with Gasteiger partial charge in [-0.15, -0.1) is 0 Å². The van der Waals surface area contributed by atoms with Gasteiger partial charge in [0.2, 0.25) is 11.8 Å². The number of halogens is 2. The monoisotopic (exact) mass is 393 g/mol. The number of anilines is 2. The normalized spacial score (nSPS) is 16.6. The summed E-state index contributed by atoms with van der Waals surface area (Å²) >= 11 is 11.9. The highest BCUT2D eigenvalue weighted by molar-refractivity contribution is 6.35. The van der Waals surface area contributed by atoms with E-state index in [9.17, 15) is 19.7 Å². The third kappa shape index (κ3) is 3.79. The molecule has 0 spiro atoms. The maximum absolute atomic E-state index is 12.5. The summed E-state index contributed by atoms with van der Waals surface area (Å²) in [5.41, 5.74) is 0.826. The van der Waals surface area contributed by atoms with Crippen molar-refractivity contribution in [3.8, 4) is 0 Å². The molecule has 1 fully saturated rings. The third-order valence-electron chi connectivity index (χ3n) is 4.05. The average Bonchev–Trinajstić information content (AvgIpc) is 3.00. The van der Waals surface area contributed by atoms with Gasteiger partial charge >= 0.3 is 0 Å². The Labute approximate surface area is 158 Å². The van der Waals surface area contributed by atoms with Crippen molar-refractivity contribution in [1.29, 1.82) is 0 Å². The second-order valence-electron chi connectivity index (χ2n) is 5.79. The van der Waals surface area contributed by atoms with Crippen LogP contribution in [0.25, 0.3) is 0 Å². The molecule has 0 aromatic heterocycles. The quantitative estimate of drug-likeness (QED) is 0.629. The fraction of sp³-hybridized carbons (Fsp3) is 0.176. The summed E-state index contributed by atoms with van der Waals surface area (Å²) < 4.78 is 0. The van der Waals surface area contributed by atoms with E-state index in [4.69, 9.17) is 23.2 Å². The van der Waals surface area contributed by atoms with Gasteiger partial charge in [-0.2, -0.15) is 0 Å². The SMILES string of the molecule is O=C(Nc1cc(Cl)ccc1Cl)[C@@H]1CC(=O)N(c2ccc([N+](=O)[O-])cc2)C1. The fourth-order valence-electron chi connectivity index (χ4n) is 2.72. The molecule has 2 aromatic carbocycles. The number of nitro groups is 1. The van der Waals surface area contributed by atoms with Gasteiger partial charge in [0.15, 0.2) is 0 Å². The Balaban J connectivity index is 1.71. The summed E-state index contributed by atoms with van der Waals surface area (Å²) in [6.45, 7) is 0.181. The van der Waals surface area contributed by atoms with Gasteiger partial charge in [-0.3, -0.25) is 19.7 Å². The molecule has 134 valence electrons. The molecule has 2 amide bonds. The standard InChI is InChI=1S/C17H13Cl2N3O4/c18-11-1-6-14(19)15(8-11)20-17(24)10-7-16(23)21(9-10)12-2-4-13(5-3-12)22(25)26/h1-6,8,10H,7,9H2,(H,20,24)/t10-/m1/s1. The molecule has 1 N–H and O–H groups in total. The van der Waals surface area contributed by atoms with Gasteiger partial charge in [0.1, 0.15) is 0 Å². The summed E-state index contributed by atoms with van der Waals surface area (Å²) in [7, 11) is 0. The largest absolute Gasteiger partial charge is 0.324 e. The van der Waals surface area contributed by atoms with Crippen LogP contribution in [0.2, 0.25) is 10.0 Å². The zero-order valence-electron chi connectivity index (χ0n) is 13.3. The van der Waals surface area contributed by atoms with Gasteiger partial charge < -0.3 is 10.2 Å². The molecule has 0 bridgehead atoms. The highest BCUT2D eigenvalue weighted by atomic mass is 35.5. The summed E-state index contributed by atoms with van der Waals surface area (Å²) in [4.78, 5) is 36.4. The highest BCUT2D eigenvalue weighted by Crippen LogP contribution is 2.29. The Kier molecular flexibility index (Phi) is 5.11. The predicted molar refractivity (Wildman–Crippen MR) is 98.6 cm³/mol. The van der Waals surface area contributed by atoms with Crippen LogP contribution in [0, 0.1) is 16.0 Å². The van der Waals surface area contributed by atoms with E-state index in [2.05, 4.69) is 5.32 Å². The van der Waals surface area contributed by atoms with Crippen LogP contribution in [0.4, 0.5) is 17.1 Å². The smallest absolute Gasteiger partial charge is 0.269 e. The van der Waals surface area contributed by atoms with E-state index in [1.165, 1.54) is 35.2 Å². The molecule has 9 heteroatoms. The number of nitrogens with zero attached hydrogens (tertiary/aromatic N) is 2. The van der Waals surface area contributed by atoms with Crippen molar-refractivity contribution in [2.45, 2.75) is 6.42 Å². The second-order valence-corrected chi connectivity index (χ2v) is 6.64. The zero-order chi connectivity index (χ0) is 18.8. The van der Waals surface area contributed by atoms with Gasteiger partial charge in [0.25, 0.3) is 5.69 Å². The number of nitro benzene ring substituents is 1. The molecule has 1 atom stereocenters. The molecule has 0 radical (unpaired) electrons. The van der Waals surface area contributed by atoms with E-state index in [0.717, 1.165) is 0 Å². The van der Waals surface area contributed by atoms with Gasteiger partial charge in [0.05, 0.1) is 21.6 Å². The van der Waals surface area contributed by atoms with Crippen LogP contribution in [0.3, 0.4) is 0 Å². The van der Waals surface area contributed by atoms with Crippen molar-refractivity contribution < 1.29 is 14.5 Å². The Morgan fingerprint density at radius 2 is 1.88 bits per heavy atom. The molecule has 3 rings (SSSR count). The molecule has 1 aliphatic heterocycles. The van der Waals surface area contributed by atoms with Crippen LogP contribution in [0.5, 0.6) is 0 Å². The van der Waals surface area contributed by atoms with Crippen molar-refractivity contribution >= 4 is 52.1 Å². The van der Waals surface area contributed by atoms with Crippen molar-refractivity contribution in [3.63, 3.8) is 0 Å². The number of carbonyl (C=O) groups excluding carboxylic acids is 2. The van der Waals surface area contributed by atoms with Crippen molar-refractivity contribution in [3.05, 3.63) is 62.6 Å². The summed E-state index contributed by atoms with van der Waals surface area (Å²) in [6, 6.07) is 10.3. The molecule has 0 aliphatic carbocycles. The Hall–Kier alpha value is -2.64. The van der Waals surface area contributed by atoms with E-state index in [1.807, 2.05) is 0 Å². The van der Waals surface area contributed by atoms with Gasteiger partial charge in [-0.25, -0.2) is 0 Å². The number of amides is 2. The molecular weight excluding hydrogens is 381 g/mol. The third-order valence-corrected chi connectivity index (χ3v) is 4.62. The predicted octanol–water partition coefficient (Wildman–Crippen LogP) is 3.89. The molecule has 1 saturated heterocycles. The lowest BCUT2D eigenvalue weighted by atomic mass is 10.1. The lowest BCUT2D eigenvalue weighted by molar-refractivity contribution is -0.384. The summed E-state index contributed by atoms with van der Waals surface area (Å²) in [5.74, 6) is -1.13. The number of nitrogens with one attached hydrogen (secondary N) is 1. The molecule has 0 unspecified atom stereocenters. The molecule has 2 aromatic rings. The number of benzene rings is 2. The lowest BCUT2D eigenvalue weighted by Crippen LogP contribution is -2.28. The molecule has 1 heterocycles. The molecular formula is C17H13Cl2N3O4. The minimum absolute atomic E-state index is 0.0427. The van der Waals surface area contributed by atoms with Crippen LogP contribution in [-0.2, 0) is 9.59 Å². The maximum Gasteiger partial charge on any atom is 0.269 e. The lowest BCUT2D eigenvalue weighted by Gasteiger charge is -2.16. The number of rotatable bonds is 4. The number of carbonyl (C=O) groups is 2. The number of non-ortho nitro benzene ring substituents is 1. The molecule has 0 saturated carbocycles.